The van der Waals surface area contributed by atoms with Gasteiger partial charge in [-0.25, -0.2) is 0 Å². The molecule has 1 N–H and O–H groups in total. The van der Waals surface area contributed by atoms with Gasteiger partial charge in [-0.15, -0.1) is 0 Å². The molecule has 1 aromatic rings. The number of benzene rings is 1. The van der Waals surface area contributed by atoms with Crippen LogP contribution in [0.3, 0.4) is 0 Å². The molecular formula is C13H17NO. The van der Waals surface area contributed by atoms with Crippen LogP contribution in [0.1, 0.15) is 37.3 Å². The second-order valence-corrected chi connectivity index (χ2v) is 4.54. The van der Waals surface area contributed by atoms with Crippen LogP contribution in [0.15, 0.2) is 30.3 Å². The molecule has 15 heavy (non-hydrogen) atoms. The highest BCUT2D eigenvalue weighted by molar-refractivity contribution is 5.19. The maximum atomic E-state index is 5.86. The predicted molar refractivity (Wildman–Crippen MR) is 59.4 cm³/mol. The highest BCUT2D eigenvalue weighted by Gasteiger charge is 2.32. The number of nitrogens with one attached hydrogen (secondary N) is 1. The predicted octanol–water partition coefficient (Wildman–Crippen LogP) is 2.62. The van der Waals surface area contributed by atoms with E-state index in [-0.39, 0.29) is 0 Å². The average molecular weight is 203 g/mol. The Morgan fingerprint density at radius 3 is 2.80 bits per heavy atom. The van der Waals surface area contributed by atoms with Gasteiger partial charge in [-0.2, -0.15) is 0 Å². The monoisotopic (exact) mass is 203 g/mol. The summed E-state index contributed by atoms with van der Waals surface area (Å²) < 4.78 is 5.86. The Kier molecular flexibility index (Phi) is 2.47. The van der Waals surface area contributed by atoms with Gasteiger partial charge in [0.15, 0.2) is 0 Å². The Balaban J connectivity index is 1.78. The van der Waals surface area contributed by atoms with Crippen LogP contribution >= 0.6 is 0 Å². The van der Waals surface area contributed by atoms with Crippen molar-refractivity contribution in [2.24, 2.45) is 0 Å². The third-order valence-electron chi connectivity index (χ3n) is 3.44. The molecule has 2 heteroatoms. The van der Waals surface area contributed by atoms with E-state index < -0.39 is 0 Å². The van der Waals surface area contributed by atoms with E-state index >= 15 is 0 Å². The topological polar surface area (TPSA) is 21.3 Å². The fourth-order valence-corrected chi connectivity index (χ4v) is 2.67. The van der Waals surface area contributed by atoms with Crippen molar-refractivity contribution in [3.63, 3.8) is 0 Å². The SMILES string of the molecule is c1ccc([C@H]2C[C@H]3CCC[C@@H](N2)O3)cc1. The first-order valence-corrected chi connectivity index (χ1v) is 5.88. The first kappa shape index (κ1) is 9.37. The third kappa shape index (κ3) is 1.92. The molecule has 0 aromatic heterocycles. The normalized spacial score (nSPS) is 35.1. The number of rotatable bonds is 1. The smallest absolute Gasteiger partial charge is 0.108 e. The van der Waals surface area contributed by atoms with Gasteiger partial charge in [0.05, 0.1) is 6.10 Å². The Labute approximate surface area is 90.6 Å². The number of hydrogen-bond acceptors (Lipinski definition) is 2. The second kappa shape index (κ2) is 3.95. The molecule has 0 unspecified atom stereocenters. The summed E-state index contributed by atoms with van der Waals surface area (Å²) in [5.41, 5.74) is 1.40. The summed E-state index contributed by atoms with van der Waals surface area (Å²) in [6.45, 7) is 0. The largest absolute Gasteiger partial charge is 0.360 e. The fourth-order valence-electron chi connectivity index (χ4n) is 2.67. The summed E-state index contributed by atoms with van der Waals surface area (Å²) in [6, 6.07) is 11.2. The molecule has 2 aliphatic heterocycles. The van der Waals surface area contributed by atoms with Crippen LogP contribution in [-0.2, 0) is 4.74 Å². The summed E-state index contributed by atoms with van der Waals surface area (Å²) in [7, 11) is 0. The van der Waals surface area contributed by atoms with Crippen molar-refractivity contribution in [1.29, 1.82) is 0 Å². The van der Waals surface area contributed by atoms with Gasteiger partial charge in [0, 0.05) is 6.04 Å². The van der Waals surface area contributed by atoms with E-state index in [2.05, 4.69) is 35.6 Å². The summed E-state index contributed by atoms with van der Waals surface area (Å²) >= 11 is 0. The third-order valence-corrected chi connectivity index (χ3v) is 3.44. The van der Waals surface area contributed by atoms with Gasteiger partial charge in [-0.05, 0) is 31.2 Å². The summed E-state index contributed by atoms with van der Waals surface area (Å²) in [6.07, 6.45) is 5.61. The van der Waals surface area contributed by atoms with Crippen molar-refractivity contribution in [2.45, 2.75) is 44.1 Å². The maximum absolute atomic E-state index is 5.86. The average Bonchev–Trinajstić information content (AvgIpc) is 2.30. The summed E-state index contributed by atoms with van der Waals surface area (Å²) in [5.74, 6) is 0. The molecule has 0 radical (unpaired) electrons. The van der Waals surface area contributed by atoms with Gasteiger partial charge in [-0.1, -0.05) is 30.3 Å². The Morgan fingerprint density at radius 2 is 2.00 bits per heavy atom. The maximum Gasteiger partial charge on any atom is 0.108 e. The first-order chi connectivity index (χ1) is 7.42. The molecule has 80 valence electrons. The summed E-state index contributed by atoms with van der Waals surface area (Å²) in [4.78, 5) is 0. The van der Waals surface area contributed by atoms with Crippen molar-refractivity contribution in [3.8, 4) is 0 Å². The lowest BCUT2D eigenvalue weighted by Crippen LogP contribution is -2.47. The molecule has 2 saturated heterocycles. The molecule has 2 bridgehead atoms. The zero-order valence-electron chi connectivity index (χ0n) is 8.86. The number of fused-ring (bicyclic) bond motifs is 2. The van der Waals surface area contributed by atoms with Crippen LogP contribution in [0.4, 0.5) is 0 Å². The minimum atomic E-state index is 0.294. The van der Waals surface area contributed by atoms with E-state index in [1.165, 1.54) is 24.8 Å². The zero-order valence-corrected chi connectivity index (χ0v) is 8.86. The molecule has 2 nitrogen and oxygen atoms in total. The lowest BCUT2D eigenvalue weighted by Gasteiger charge is -2.40. The number of ether oxygens (including phenoxy) is 1. The van der Waals surface area contributed by atoms with Crippen molar-refractivity contribution >= 4 is 0 Å². The minimum absolute atomic E-state index is 0.294. The van der Waals surface area contributed by atoms with Gasteiger partial charge >= 0.3 is 0 Å². The van der Waals surface area contributed by atoms with Gasteiger partial charge in [-0.3, -0.25) is 5.32 Å². The summed E-state index contributed by atoms with van der Waals surface area (Å²) in [5, 5.41) is 3.58. The minimum Gasteiger partial charge on any atom is -0.360 e. The fraction of sp³-hybridized carbons (Fsp3) is 0.538. The van der Waals surface area contributed by atoms with Crippen LogP contribution in [-0.4, -0.2) is 12.3 Å². The van der Waals surface area contributed by atoms with E-state index in [0.29, 0.717) is 18.4 Å². The number of hydrogen-bond donors (Lipinski definition) is 1. The highest BCUT2D eigenvalue weighted by atomic mass is 16.5. The molecule has 3 rings (SSSR count). The Morgan fingerprint density at radius 1 is 1.13 bits per heavy atom. The van der Waals surface area contributed by atoms with Crippen molar-refractivity contribution in [1.82, 2.24) is 5.32 Å². The molecule has 0 amide bonds. The molecule has 0 saturated carbocycles. The molecule has 1 aromatic carbocycles. The lowest BCUT2D eigenvalue weighted by molar-refractivity contribution is -0.109. The van der Waals surface area contributed by atoms with Crippen molar-refractivity contribution < 1.29 is 4.74 Å². The molecular weight excluding hydrogens is 186 g/mol. The van der Waals surface area contributed by atoms with Gasteiger partial charge in [0.2, 0.25) is 0 Å². The lowest BCUT2D eigenvalue weighted by atomic mass is 9.92. The van der Waals surface area contributed by atoms with Gasteiger partial charge in [0.1, 0.15) is 6.23 Å². The van der Waals surface area contributed by atoms with E-state index in [1.807, 2.05) is 0 Å². The highest BCUT2D eigenvalue weighted by Crippen LogP contribution is 2.32. The van der Waals surface area contributed by atoms with Crippen LogP contribution in [0.2, 0.25) is 0 Å². The molecule has 2 aliphatic rings. The van der Waals surface area contributed by atoms with E-state index in [1.54, 1.807) is 0 Å². The quantitative estimate of drug-likeness (QED) is 0.757. The molecule has 3 atom stereocenters. The van der Waals surface area contributed by atoms with Gasteiger partial charge in [0.25, 0.3) is 0 Å². The van der Waals surface area contributed by atoms with Gasteiger partial charge < -0.3 is 4.74 Å². The molecule has 2 heterocycles. The molecule has 2 fully saturated rings. The van der Waals surface area contributed by atoms with E-state index in [4.69, 9.17) is 4.74 Å². The van der Waals surface area contributed by atoms with Crippen molar-refractivity contribution in [2.75, 3.05) is 0 Å². The van der Waals surface area contributed by atoms with Crippen molar-refractivity contribution in [3.05, 3.63) is 35.9 Å². The Bertz CT molecular complexity index is 313. The molecule has 0 spiro atoms. The second-order valence-electron chi connectivity index (χ2n) is 4.54. The van der Waals surface area contributed by atoms with Crippen LogP contribution in [0, 0.1) is 0 Å². The molecule has 0 aliphatic carbocycles. The first-order valence-electron chi connectivity index (χ1n) is 5.88. The van der Waals surface area contributed by atoms with E-state index in [0.717, 1.165) is 6.42 Å². The van der Waals surface area contributed by atoms with Crippen LogP contribution in [0.25, 0.3) is 0 Å². The zero-order chi connectivity index (χ0) is 10.1. The van der Waals surface area contributed by atoms with Crippen LogP contribution in [0.5, 0.6) is 0 Å². The Hall–Kier alpha value is -0.860. The van der Waals surface area contributed by atoms with E-state index in [9.17, 15) is 0 Å². The standard InChI is InChI=1S/C13H17NO/c1-2-5-10(6-3-1)12-9-11-7-4-8-13(14-12)15-11/h1-3,5-6,11-14H,4,7-9H2/t11-,12-,13+/m1/s1. The van der Waals surface area contributed by atoms with Crippen LogP contribution < -0.4 is 5.32 Å².